The van der Waals surface area contributed by atoms with Crippen LogP contribution in [0.5, 0.6) is 0 Å². The van der Waals surface area contributed by atoms with Crippen molar-refractivity contribution in [2.75, 3.05) is 13.7 Å². The zero-order valence-electron chi connectivity index (χ0n) is 10.0. The van der Waals surface area contributed by atoms with E-state index in [0.717, 1.165) is 0 Å². The number of methoxy groups -OCH3 is 1. The topological polar surface area (TPSA) is 61.5 Å². The van der Waals surface area contributed by atoms with Crippen LogP contribution < -0.4 is 5.73 Å². The highest BCUT2D eigenvalue weighted by atomic mass is 16.6. The van der Waals surface area contributed by atoms with E-state index in [1.165, 1.54) is 0 Å². The van der Waals surface area contributed by atoms with Gasteiger partial charge in [0.1, 0.15) is 5.60 Å². The van der Waals surface area contributed by atoms with Crippen molar-refractivity contribution in [3.05, 3.63) is 0 Å². The minimum atomic E-state index is -0.499. The van der Waals surface area contributed by atoms with E-state index >= 15 is 0 Å². The minimum Gasteiger partial charge on any atom is -0.459 e. The molecule has 0 bridgehead atoms. The molecule has 0 spiro atoms. The Morgan fingerprint density at radius 1 is 1.47 bits per heavy atom. The molecule has 0 heterocycles. The molecule has 0 unspecified atom stereocenters. The number of ether oxygens (including phenoxy) is 2. The van der Waals surface area contributed by atoms with E-state index in [1.807, 2.05) is 20.8 Å². The van der Waals surface area contributed by atoms with Crippen LogP contribution in [-0.4, -0.2) is 31.3 Å². The highest BCUT2D eigenvalue weighted by Gasteiger charge is 2.51. The van der Waals surface area contributed by atoms with Crippen molar-refractivity contribution in [2.24, 2.45) is 11.1 Å². The summed E-state index contributed by atoms with van der Waals surface area (Å²) in [6.45, 7) is 5.99. The van der Waals surface area contributed by atoms with Gasteiger partial charge in [0.25, 0.3) is 0 Å². The fraction of sp³-hybridized carbons (Fsp3) is 0.909. The van der Waals surface area contributed by atoms with Crippen LogP contribution in [0.1, 0.15) is 33.6 Å². The highest BCUT2D eigenvalue weighted by molar-refractivity contribution is 5.79. The van der Waals surface area contributed by atoms with Crippen LogP contribution in [0, 0.1) is 5.41 Å². The van der Waals surface area contributed by atoms with Crippen LogP contribution in [0.25, 0.3) is 0 Å². The molecule has 0 aromatic heterocycles. The summed E-state index contributed by atoms with van der Waals surface area (Å²) in [5.74, 6) is -0.182. The Balaban J connectivity index is 2.62. The maximum atomic E-state index is 11.9. The largest absolute Gasteiger partial charge is 0.459 e. The van der Waals surface area contributed by atoms with E-state index in [-0.39, 0.29) is 12.0 Å². The van der Waals surface area contributed by atoms with Crippen LogP contribution >= 0.6 is 0 Å². The number of carbonyl (C=O) groups excluding carboxylic acids is 1. The van der Waals surface area contributed by atoms with E-state index < -0.39 is 11.0 Å². The van der Waals surface area contributed by atoms with E-state index in [1.54, 1.807) is 7.11 Å². The molecule has 4 heteroatoms. The van der Waals surface area contributed by atoms with Crippen molar-refractivity contribution in [1.29, 1.82) is 0 Å². The van der Waals surface area contributed by atoms with Gasteiger partial charge in [0.05, 0.1) is 12.0 Å². The quantitative estimate of drug-likeness (QED) is 0.716. The second-order valence-corrected chi connectivity index (χ2v) is 5.38. The lowest BCUT2D eigenvalue weighted by Crippen LogP contribution is -2.55. The second kappa shape index (κ2) is 4.10. The molecule has 2 N–H and O–H groups in total. The van der Waals surface area contributed by atoms with E-state index in [2.05, 4.69) is 0 Å². The fourth-order valence-corrected chi connectivity index (χ4v) is 1.95. The Morgan fingerprint density at radius 2 is 2.00 bits per heavy atom. The first kappa shape index (κ1) is 12.5. The Hall–Kier alpha value is -0.610. The summed E-state index contributed by atoms with van der Waals surface area (Å²) >= 11 is 0. The minimum absolute atomic E-state index is 0.104. The molecule has 1 saturated carbocycles. The first-order valence-electron chi connectivity index (χ1n) is 5.27. The van der Waals surface area contributed by atoms with Crippen molar-refractivity contribution in [1.82, 2.24) is 0 Å². The Bertz CT molecular complexity index is 233. The van der Waals surface area contributed by atoms with Crippen molar-refractivity contribution in [3.63, 3.8) is 0 Å². The van der Waals surface area contributed by atoms with E-state index in [9.17, 15) is 4.79 Å². The number of esters is 1. The van der Waals surface area contributed by atoms with Gasteiger partial charge in [0.2, 0.25) is 0 Å². The molecule has 1 aliphatic carbocycles. The third kappa shape index (κ3) is 2.92. The molecular formula is C11H21NO3. The first-order chi connectivity index (χ1) is 6.79. The van der Waals surface area contributed by atoms with Crippen molar-refractivity contribution in [2.45, 2.75) is 45.3 Å². The van der Waals surface area contributed by atoms with Crippen molar-refractivity contribution >= 4 is 5.97 Å². The molecule has 1 rings (SSSR count). The molecule has 0 saturated heterocycles. The van der Waals surface area contributed by atoms with Gasteiger partial charge in [-0.25, -0.2) is 0 Å². The molecule has 0 aromatic carbocycles. The number of rotatable bonds is 3. The molecule has 15 heavy (non-hydrogen) atoms. The summed E-state index contributed by atoms with van der Waals surface area (Å²) in [5, 5.41) is 0. The highest BCUT2D eigenvalue weighted by Crippen LogP contribution is 2.42. The summed E-state index contributed by atoms with van der Waals surface area (Å²) in [6.07, 6.45) is 1.32. The van der Waals surface area contributed by atoms with Gasteiger partial charge in [-0.3, -0.25) is 4.79 Å². The Labute approximate surface area is 91.1 Å². The summed E-state index contributed by atoms with van der Waals surface area (Å²) in [4.78, 5) is 11.9. The van der Waals surface area contributed by atoms with Crippen LogP contribution in [0.3, 0.4) is 0 Å². The normalized spacial score (nSPS) is 30.9. The predicted molar refractivity (Wildman–Crippen MR) is 57.4 cm³/mol. The van der Waals surface area contributed by atoms with Crippen LogP contribution in [0.4, 0.5) is 0 Å². The van der Waals surface area contributed by atoms with Gasteiger partial charge in [-0.15, -0.1) is 0 Å². The molecule has 88 valence electrons. The molecule has 0 amide bonds. The fourth-order valence-electron chi connectivity index (χ4n) is 1.95. The first-order valence-corrected chi connectivity index (χ1v) is 5.27. The zero-order chi connectivity index (χ0) is 11.7. The average molecular weight is 215 g/mol. The van der Waals surface area contributed by atoms with Gasteiger partial charge in [-0.1, -0.05) is 0 Å². The van der Waals surface area contributed by atoms with Gasteiger partial charge >= 0.3 is 5.97 Å². The predicted octanol–water partition coefficient (Wildman–Crippen LogP) is 1.08. The maximum absolute atomic E-state index is 11.9. The monoisotopic (exact) mass is 215 g/mol. The molecule has 0 aliphatic heterocycles. The number of hydrogen-bond acceptors (Lipinski definition) is 4. The lowest BCUT2D eigenvalue weighted by Gasteiger charge is -2.44. The van der Waals surface area contributed by atoms with Crippen LogP contribution in [0.2, 0.25) is 0 Å². The van der Waals surface area contributed by atoms with E-state index in [0.29, 0.717) is 19.4 Å². The summed E-state index contributed by atoms with van der Waals surface area (Å²) in [7, 11) is 1.59. The van der Waals surface area contributed by atoms with Gasteiger partial charge in [0.15, 0.2) is 0 Å². The van der Waals surface area contributed by atoms with Gasteiger partial charge in [0, 0.05) is 13.2 Å². The summed E-state index contributed by atoms with van der Waals surface area (Å²) < 4.78 is 10.4. The lowest BCUT2D eigenvalue weighted by molar-refractivity contribution is -0.179. The Morgan fingerprint density at radius 3 is 2.33 bits per heavy atom. The molecule has 4 nitrogen and oxygen atoms in total. The van der Waals surface area contributed by atoms with Crippen molar-refractivity contribution < 1.29 is 14.3 Å². The maximum Gasteiger partial charge on any atom is 0.315 e. The van der Waals surface area contributed by atoms with Gasteiger partial charge in [-0.2, -0.15) is 0 Å². The van der Waals surface area contributed by atoms with Crippen molar-refractivity contribution in [3.8, 4) is 0 Å². The third-order valence-corrected chi connectivity index (χ3v) is 2.56. The number of hydrogen-bond donors (Lipinski definition) is 1. The standard InChI is InChI=1S/C11H21NO3/c1-10(2,3)15-9(13)11(7-14-4)5-8(12)6-11/h8H,5-7,12H2,1-4H3. The van der Waals surface area contributed by atoms with Gasteiger partial charge in [-0.05, 0) is 33.6 Å². The molecule has 0 radical (unpaired) electrons. The van der Waals surface area contributed by atoms with Crippen LogP contribution in [-0.2, 0) is 14.3 Å². The third-order valence-electron chi connectivity index (χ3n) is 2.56. The molecule has 1 aliphatic rings. The average Bonchev–Trinajstić information content (AvgIpc) is 1.97. The van der Waals surface area contributed by atoms with Crippen LogP contribution in [0.15, 0.2) is 0 Å². The Kier molecular flexibility index (Phi) is 3.41. The number of carbonyl (C=O) groups is 1. The lowest BCUT2D eigenvalue weighted by atomic mass is 9.66. The second-order valence-electron chi connectivity index (χ2n) is 5.38. The number of nitrogens with two attached hydrogens (primary N) is 1. The molecule has 0 atom stereocenters. The molecular weight excluding hydrogens is 194 g/mol. The molecule has 0 aromatic rings. The van der Waals surface area contributed by atoms with Gasteiger partial charge < -0.3 is 15.2 Å². The smallest absolute Gasteiger partial charge is 0.315 e. The molecule has 1 fully saturated rings. The summed E-state index contributed by atoms with van der Waals surface area (Å²) in [6, 6.07) is 0.104. The SMILES string of the molecule is COCC1(C(=O)OC(C)(C)C)CC(N)C1. The zero-order valence-corrected chi connectivity index (χ0v) is 10.0. The summed E-state index contributed by atoms with van der Waals surface area (Å²) in [5.41, 5.74) is 4.78. The van der Waals surface area contributed by atoms with E-state index in [4.69, 9.17) is 15.2 Å².